The first-order chi connectivity index (χ1) is 8.59. The summed E-state index contributed by atoms with van der Waals surface area (Å²) in [5.41, 5.74) is 0.759. The van der Waals surface area contributed by atoms with E-state index in [1.54, 1.807) is 19.2 Å². The van der Waals surface area contributed by atoms with Crippen molar-refractivity contribution in [1.29, 1.82) is 0 Å². The van der Waals surface area contributed by atoms with Crippen LogP contribution in [0.1, 0.15) is 18.4 Å². The Kier molecular flexibility index (Phi) is 3.76. The van der Waals surface area contributed by atoms with Crippen LogP contribution in [0.15, 0.2) is 12.3 Å². The second-order valence-corrected chi connectivity index (χ2v) is 4.73. The molecule has 1 aliphatic rings. The smallest absolute Gasteiger partial charge is 0.314 e. The van der Waals surface area contributed by atoms with Crippen LogP contribution in [0, 0.1) is 17.0 Å². The Balaban J connectivity index is 2.20. The predicted octanol–water partition coefficient (Wildman–Crippen LogP) is 1.49. The van der Waals surface area contributed by atoms with Crippen LogP contribution in [0.5, 0.6) is 0 Å². The summed E-state index contributed by atoms with van der Waals surface area (Å²) in [7, 11) is 1.86. The molecule has 1 N–H and O–H groups in total. The van der Waals surface area contributed by atoms with Gasteiger partial charge in [0.25, 0.3) is 0 Å². The predicted molar refractivity (Wildman–Crippen MR) is 69.9 cm³/mol. The van der Waals surface area contributed by atoms with Gasteiger partial charge in [0.1, 0.15) is 0 Å². The number of anilines is 1. The summed E-state index contributed by atoms with van der Waals surface area (Å²) in [6, 6.07) is 2.07. The maximum atomic E-state index is 11.1. The van der Waals surface area contributed by atoms with E-state index in [1.807, 2.05) is 11.9 Å². The topological polar surface area (TPSA) is 71.3 Å². The number of hydrogen-bond acceptors (Lipinski definition) is 5. The highest BCUT2D eigenvalue weighted by Gasteiger charge is 2.24. The fourth-order valence-corrected chi connectivity index (χ4v) is 2.37. The van der Waals surface area contributed by atoms with Gasteiger partial charge in [0.15, 0.2) is 0 Å². The molecule has 1 aromatic heterocycles. The molecule has 0 aliphatic carbocycles. The van der Waals surface area contributed by atoms with Crippen LogP contribution >= 0.6 is 0 Å². The molecule has 1 fully saturated rings. The first-order valence-corrected chi connectivity index (χ1v) is 6.14. The third-order valence-corrected chi connectivity index (χ3v) is 3.31. The van der Waals surface area contributed by atoms with Gasteiger partial charge in [0.2, 0.25) is 5.82 Å². The fraction of sp³-hybridized carbons (Fsp3) is 0.583. The number of hydrogen-bond donors (Lipinski definition) is 1. The molecule has 0 radical (unpaired) electrons. The summed E-state index contributed by atoms with van der Waals surface area (Å²) >= 11 is 0. The van der Waals surface area contributed by atoms with Crippen molar-refractivity contribution in [3.63, 3.8) is 0 Å². The van der Waals surface area contributed by atoms with Gasteiger partial charge >= 0.3 is 5.69 Å². The van der Waals surface area contributed by atoms with Crippen molar-refractivity contribution in [2.24, 2.45) is 0 Å². The molecule has 1 saturated heterocycles. The largest absolute Gasteiger partial charge is 0.352 e. The van der Waals surface area contributed by atoms with E-state index in [0.717, 1.165) is 19.5 Å². The first kappa shape index (κ1) is 12.8. The van der Waals surface area contributed by atoms with Crippen LogP contribution in [0.3, 0.4) is 0 Å². The molecule has 0 amide bonds. The molecular formula is C12H18N4O2. The minimum atomic E-state index is -0.351. The SMILES string of the molecule is Cc1ccnc(N(C)CC2CCCN2)c1[N+](=O)[O-]. The van der Waals surface area contributed by atoms with Gasteiger partial charge in [-0.1, -0.05) is 0 Å². The molecule has 6 heteroatoms. The van der Waals surface area contributed by atoms with E-state index in [2.05, 4.69) is 10.3 Å². The van der Waals surface area contributed by atoms with Gasteiger partial charge in [-0.05, 0) is 32.4 Å². The Morgan fingerprint density at radius 1 is 1.67 bits per heavy atom. The van der Waals surface area contributed by atoms with Crippen molar-refractivity contribution >= 4 is 11.5 Å². The number of nitrogens with zero attached hydrogens (tertiary/aromatic N) is 3. The molecule has 2 rings (SSSR count). The molecule has 0 bridgehead atoms. The minimum absolute atomic E-state index is 0.109. The Hall–Kier alpha value is -1.69. The molecule has 0 spiro atoms. The second kappa shape index (κ2) is 5.30. The van der Waals surface area contributed by atoms with Crippen molar-refractivity contribution in [3.8, 4) is 0 Å². The van der Waals surface area contributed by atoms with Gasteiger partial charge in [0.05, 0.1) is 4.92 Å². The molecule has 0 saturated carbocycles. The van der Waals surface area contributed by atoms with E-state index in [1.165, 1.54) is 6.42 Å². The van der Waals surface area contributed by atoms with E-state index in [-0.39, 0.29) is 10.6 Å². The monoisotopic (exact) mass is 250 g/mol. The molecule has 6 nitrogen and oxygen atoms in total. The summed E-state index contributed by atoms with van der Waals surface area (Å²) < 4.78 is 0. The zero-order valence-corrected chi connectivity index (χ0v) is 10.7. The zero-order valence-electron chi connectivity index (χ0n) is 10.7. The zero-order chi connectivity index (χ0) is 13.1. The van der Waals surface area contributed by atoms with Crippen LogP contribution in [0.2, 0.25) is 0 Å². The Morgan fingerprint density at radius 2 is 2.44 bits per heavy atom. The van der Waals surface area contributed by atoms with Gasteiger partial charge in [0, 0.05) is 31.4 Å². The summed E-state index contributed by atoms with van der Waals surface area (Å²) in [6.07, 6.45) is 3.90. The van der Waals surface area contributed by atoms with Gasteiger partial charge in [-0.3, -0.25) is 10.1 Å². The molecule has 0 aromatic carbocycles. The lowest BCUT2D eigenvalue weighted by Gasteiger charge is -2.22. The van der Waals surface area contributed by atoms with Crippen molar-refractivity contribution in [2.45, 2.75) is 25.8 Å². The molecule has 1 atom stereocenters. The average molecular weight is 250 g/mol. The highest BCUT2D eigenvalue weighted by atomic mass is 16.6. The normalized spacial score (nSPS) is 18.9. The van der Waals surface area contributed by atoms with E-state index >= 15 is 0 Å². The van der Waals surface area contributed by atoms with Crippen molar-refractivity contribution in [2.75, 3.05) is 25.0 Å². The Labute approximate surface area is 106 Å². The quantitative estimate of drug-likeness (QED) is 0.647. The number of aryl methyl sites for hydroxylation is 1. The molecule has 1 aliphatic heterocycles. The van der Waals surface area contributed by atoms with Crippen molar-refractivity contribution in [3.05, 3.63) is 27.9 Å². The molecule has 98 valence electrons. The summed E-state index contributed by atoms with van der Waals surface area (Å²) in [5.74, 6) is 0.453. The number of nitrogens with one attached hydrogen (secondary N) is 1. The average Bonchev–Trinajstić information content (AvgIpc) is 2.80. The van der Waals surface area contributed by atoms with Gasteiger partial charge in [-0.25, -0.2) is 4.98 Å². The fourth-order valence-electron chi connectivity index (χ4n) is 2.37. The van der Waals surface area contributed by atoms with Gasteiger partial charge in [-0.2, -0.15) is 0 Å². The summed E-state index contributed by atoms with van der Waals surface area (Å²) in [6.45, 7) is 3.52. The van der Waals surface area contributed by atoms with E-state index in [0.29, 0.717) is 17.4 Å². The van der Waals surface area contributed by atoms with E-state index in [4.69, 9.17) is 0 Å². The first-order valence-electron chi connectivity index (χ1n) is 6.14. The highest BCUT2D eigenvalue weighted by Crippen LogP contribution is 2.28. The second-order valence-electron chi connectivity index (χ2n) is 4.73. The Morgan fingerprint density at radius 3 is 3.06 bits per heavy atom. The molecular weight excluding hydrogens is 232 g/mol. The number of pyridine rings is 1. The number of aromatic nitrogens is 1. The van der Waals surface area contributed by atoms with E-state index < -0.39 is 0 Å². The highest BCUT2D eigenvalue weighted by molar-refractivity contribution is 5.61. The lowest BCUT2D eigenvalue weighted by Crippen LogP contribution is -2.36. The van der Waals surface area contributed by atoms with Crippen LogP contribution in [-0.2, 0) is 0 Å². The number of nitro groups is 1. The minimum Gasteiger partial charge on any atom is -0.352 e. The van der Waals surface area contributed by atoms with Crippen molar-refractivity contribution < 1.29 is 4.92 Å². The lowest BCUT2D eigenvalue weighted by molar-refractivity contribution is -0.384. The standard InChI is InChI=1S/C12H18N4O2/c1-9-5-7-14-12(11(9)16(17)18)15(2)8-10-4-3-6-13-10/h5,7,10,13H,3-4,6,8H2,1-2H3. The molecule has 1 aromatic rings. The number of likely N-dealkylation sites (N-methyl/N-ethyl adjacent to an activating group) is 1. The summed E-state index contributed by atoms with van der Waals surface area (Å²) in [5, 5.41) is 14.5. The Bertz CT molecular complexity index is 444. The summed E-state index contributed by atoms with van der Waals surface area (Å²) in [4.78, 5) is 16.8. The lowest BCUT2D eigenvalue weighted by atomic mass is 10.2. The molecule has 1 unspecified atom stereocenters. The maximum Gasteiger partial charge on any atom is 0.314 e. The third-order valence-electron chi connectivity index (χ3n) is 3.31. The van der Waals surface area contributed by atoms with Gasteiger partial charge < -0.3 is 10.2 Å². The maximum absolute atomic E-state index is 11.1. The van der Waals surface area contributed by atoms with Crippen LogP contribution in [-0.4, -0.2) is 36.1 Å². The van der Waals surface area contributed by atoms with E-state index in [9.17, 15) is 10.1 Å². The van der Waals surface area contributed by atoms with Gasteiger partial charge in [-0.15, -0.1) is 0 Å². The molecule has 2 heterocycles. The van der Waals surface area contributed by atoms with Crippen molar-refractivity contribution in [1.82, 2.24) is 10.3 Å². The number of rotatable bonds is 4. The van der Waals surface area contributed by atoms with Crippen LogP contribution in [0.25, 0.3) is 0 Å². The third kappa shape index (κ3) is 2.59. The van der Waals surface area contributed by atoms with Crippen LogP contribution in [0.4, 0.5) is 11.5 Å². The molecule has 18 heavy (non-hydrogen) atoms. The van der Waals surface area contributed by atoms with Crippen LogP contribution < -0.4 is 10.2 Å².